The van der Waals surface area contributed by atoms with Gasteiger partial charge >= 0.3 is 0 Å². The lowest BCUT2D eigenvalue weighted by atomic mass is 9.77. The molecule has 2 aliphatic rings. The van der Waals surface area contributed by atoms with Gasteiger partial charge < -0.3 is 51.8 Å². The van der Waals surface area contributed by atoms with E-state index in [0.717, 1.165) is 75.8 Å². The number of thioether (sulfide) groups is 2. The van der Waals surface area contributed by atoms with E-state index in [1.165, 1.54) is 18.7 Å². The van der Waals surface area contributed by atoms with Crippen molar-refractivity contribution in [2.45, 2.75) is 181 Å². The van der Waals surface area contributed by atoms with Crippen LogP contribution >= 0.6 is 23.5 Å². The molecule has 0 radical (unpaired) electrons. The standard InChI is InChI=1S/C104H117N9O10S2/c1-7-8-9-40-67-105-89(73-125-104(83-57-34-17-35-58-83,84-59-36-18-37-60-84)85-61-38-19-39-62-85)99(121)113-69-42-64-91(113)100(122)112-68-41-63-90(112)97(119)110-94(74(2)123-101(4,5)6)98(120)107-86(65-66-93(116)111-102(77-45-22-11-23-46-77,78-47-24-12-25-48-78)79-49-26-13-27-50-79)95(117)108-87(70-76-43-20-10-21-44-76)96(118)109-88(92(115)71-106-75(3)114)72-124-103(80-51-28-14-29-52-80,81-53-30-15-31-54-81)82-55-32-16-33-56-82/h10-39,43-62,74,86-91,94,105H,7-9,40-42,63-73H2,1-6H3,(H,106,114)(H,107,120)(H,108,117)(H,109,118)(H,110,119)(H,111,116)/t74-,86+,87+,88+,89+,90+,91+,94+/m1/s1. The number of amides is 8. The van der Waals surface area contributed by atoms with E-state index in [2.05, 4.69) is 80.5 Å². The van der Waals surface area contributed by atoms with Crippen molar-refractivity contribution in [2.75, 3.05) is 37.7 Å². The number of benzene rings is 10. The van der Waals surface area contributed by atoms with Gasteiger partial charge in [-0.3, -0.25) is 43.2 Å². The fourth-order valence-corrected chi connectivity index (χ4v) is 20.4. The predicted molar refractivity (Wildman–Crippen MR) is 497 cm³/mol. The summed E-state index contributed by atoms with van der Waals surface area (Å²) in [5.74, 6) is -4.97. The first kappa shape index (κ1) is 92.4. The number of rotatable bonds is 42. The minimum Gasteiger partial charge on any atom is -0.370 e. The summed E-state index contributed by atoms with van der Waals surface area (Å²) in [4.78, 5) is 141. The SMILES string of the molecule is CCCCCCN[C@@H](CSC(c1ccccc1)(c1ccccc1)c1ccccc1)C(=O)N1CCC[C@H]1C(=O)N1CCC[C@H]1C(=O)N[C@H](C(=O)N[C@@H](CCC(=O)NC(c1ccccc1)(c1ccccc1)c1ccccc1)C(=O)N[C@@H](Cc1ccccc1)C(=O)N[C@@H](CSC(c1ccccc1)(c1ccccc1)c1ccccc1)C(=O)CNC(C)=O)[C@@H](C)OC(C)(C)C. The Morgan fingerprint density at radius 3 is 1.25 bits per heavy atom. The second kappa shape index (κ2) is 44.7. The Hall–Kier alpha value is -11.8. The molecule has 125 heavy (non-hydrogen) atoms. The van der Waals surface area contributed by atoms with Crippen LogP contribution < -0.4 is 37.2 Å². The van der Waals surface area contributed by atoms with Crippen LogP contribution in [0.3, 0.4) is 0 Å². The van der Waals surface area contributed by atoms with E-state index in [0.29, 0.717) is 43.7 Å². The van der Waals surface area contributed by atoms with E-state index >= 15 is 33.6 Å². The Morgan fingerprint density at radius 2 is 0.824 bits per heavy atom. The number of Topliss-reactive ketones (excluding diaryl/α,β-unsaturated/α-hetero) is 1. The van der Waals surface area contributed by atoms with Crippen molar-refractivity contribution in [3.05, 3.63) is 359 Å². The Kier molecular flexibility index (Phi) is 33.1. The van der Waals surface area contributed by atoms with Gasteiger partial charge in [-0.05, 0) is 128 Å². The molecule has 21 heteroatoms. The molecule has 10 aromatic carbocycles. The van der Waals surface area contributed by atoms with Gasteiger partial charge in [0.05, 0.1) is 39.8 Å². The lowest BCUT2D eigenvalue weighted by Crippen LogP contribution is -2.62. The minimum atomic E-state index is -1.63. The molecule has 12 rings (SSSR count). The van der Waals surface area contributed by atoms with E-state index in [4.69, 9.17) is 4.74 Å². The number of nitrogens with one attached hydrogen (secondary N) is 7. The van der Waals surface area contributed by atoms with Crippen molar-refractivity contribution in [3.63, 3.8) is 0 Å². The number of likely N-dealkylation sites (tertiary alicyclic amines) is 2. The zero-order valence-electron chi connectivity index (χ0n) is 72.3. The summed E-state index contributed by atoms with van der Waals surface area (Å²) in [6, 6.07) is 89.5. The first-order valence-corrected chi connectivity index (χ1v) is 45.7. The van der Waals surface area contributed by atoms with Crippen molar-refractivity contribution in [1.29, 1.82) is 0 Å². The van der Waals surface area contributed by atoms with Crippen LogP contribution in [-0.4, -0.2) is 155 Å². The second-order valence-corrected chi connectivity index (χ2v) is 35.7. The van der Waals surface area contributed by atoms with Gasteiger partial charge in [-0.15, -0.1) is 23.5 Å². The number of unbranched alkanes of at least 4 members (excludes halogenated alkanes) is 3. The number of carbonyl (C=O) groups excluding carboxylic acids is 9. The van der Waals surface area contributed by atoms with E-state index in [1.807, 2.05) is 243 Å². The van der Waals surface area contributed by atoms with E-state index in [1.54, 1.807) is 73.5 Å². The largest absolute Gasteiger partial charge is 0.370 e. The highest BCUT2D eigenvalue weighted by atomic mass is 32.2. The summed E-state index contributed by atoms with van der Waals surface area (Å²) in [6.45, 7) is 11.2. The number of hydrogen-bond acceptors (Lipinski definition) is 13. The van der Waals surface area contributed by atoms with Crippen LogP contribution in [-0.2, 0) is 69.3 Å². The van der Waals surface area contributed by atoms with E-state index in [9.17, 15) is 9.59 Å². The Morgan fingerprint density at radius 1 is 0.440 bits per heavy atom. The molecule has 2 saturated heterocycles. The fraction of sp³-hybridized carbons (Fsp3) is 0.337. The molecule has 8 amide bonds. The maximum atomic E-state index is 16.1. The third-order valence-electron chi connectivity index (χ3n) is 23.4. The third kappa shape index (κ3) is 23.4. The zero-order chi connectivity index (χ0) is 88.2. The number of ketones is 1. The maximum absolute atomic E-state index is 16.1. The highest BCUT2D eigenvalue weighted by Crippen LogP contribution is 2.51. The molecule has 7 N–H and O–H groups in total. The summed E-state index contributed by atoms with van der Waals surface area (Å²) < 4.78 is 4.88. The number of ether oxygens (including phenoxy) is 1. The fourth-order valence-electron chi connectivity index (χ4n) is 17.3. The lowest BCUT2D eigenvalue weighted by molar-refractivity contribution is -0.148. The summed E-state index contributed by atoms with van der Waals surface area (Å²) in [5, 5.41) is 21.7. The molecule has 0 spiro atoms. The van der Waals surface area contributed by atoms with Crippen LogP contribution in [0.4, 0.5) is 0 Å². The van der Waals surface area contributed by atoms with Crippen molar-refractivity contribution in [1.82, 2.24) is 47.0 Å². The molecule has 10 aromatic rings. The number of hydrogen-bond donors (Lipinski definition) is 7. The minimum absolute atomic E-state index is 0.0363. The first-order valence-electron chi connectivity index (χ1n) is 43.8. The lowest BCUT2D eigenvalue weighted by Gasteiger charge is -2.38. The van der Waals surface area contributed by atoms with Gasteiger partial charge in [0.15, 0.2) is 5.78 Å². The Bertz CT molecular complexity index is 4860. The van der Waals surface area contributed by atoms with Crippen LogP contribution in [0.25, 0.3) is 0 Å². The topological polar surface area (TPSA) is 254 Å². The van der Waals surface area contributed by atoms with Crippen LogP contribution in [0.2, 0.25) is 0 Å². The predicted octanol–water partition coefficient (Wildman–Crippen LogP) is 14.9. The number of nitrogens with zero attached hydrogens (tertiary/aromatic N) is 2. The average molecular weight is 1720 g/mol. The molecule has 8 atom stereocenters. The van der Waals surface area contributed by atoms with Gasteiger partial charge in [-0.2, -0.15) is 0 Å². The molecule has 0 unspecified atom stereocenters. The Labute approximate surface area is 744 Å². The molecular weight excluding hydrogens is 1600 g/mol. The van der Waals surface area contributed by atoms with Crippen LogP contribution in [0.15, 0.2) is 303 Å². The summed E-state index contributed by atoms with van der Waals surface area (Å²) in [7, 11) is 0. The molecule has 0 saturated carbocycles. The van der Waals surface area contributed by atoms with Gasteiger partial charge in [-0.1, -0.05) is 330 Å². The van der Waals surface area contributed by atoms with Crippen LogP contribution in [0, 0.1) is 0 Å². The first-order chi connectivity index (χ1) is 60.6. The normalized spacial score (nSPS) is 15.6. The smallest absolute Gasteiger partial charge is 0.246 e. The van der Waals surface area contributed by atoms with Gasteiger partial charge in [0.1, 0.15) is 35.7 Å². The van der Waals surface area contributed by atoms with E-state index in [-0.39, 0.29) is 49.8 Å². The molecule has 2 aliphatic heterocycles. The molecular formula is C104H117N9O10S2. The van der Waals surface area contributed by atoms with E-state index < -0.39 is 117 Å². The molecule has 2 heterocycles. The van der Waals surface area contributed by atoms with Crippen molar-refractivity contribution < 1.29 is 47.9 Å². The average Bonchev–Trinajstić information content (AvgIpc) is 1.69. The van der Waals surface area contributed by atoms with Crippen LogP contribution in [0.5, 0.6) is 0 Å². The van der Waals surface area contributed by atoms with Crippen LogP contribution in [0.1, 0.15) is 161 Å². The molecule has 19 nitrogen and oxygen atoms in total. The summed E-state index contributed by atoms with van der Waals surface area (Å²) in [5.41, 5.74) is 6.46. The maximum Gasteiger partial charge on any atom is 0.246 e. The molecule has 0 bridgehead atoms. The monoisotopic (exact) mass is 1720 g/mol. The third-order valence-corrected chi connectivity index (χ3v) is 26.6. The summed E-state index contributed by atoms with van der Waals surface area (Å²) in [6.07, 6.45) is 3.53. The highest BCUT2D eigenvalue weighted by molar-refractivity contribution is 8.01. The van der Waals surface area contributed by atoms with Gasteiger partial charge in [0, 0.05) is 44.4 Å². The molecule has 650 valence electrons. The number of carbonyl (C=O) groups is 9. The van der Waals surface area contributed by atoms with Gasteiger partial charge in [0.2, 0.25) is 47.3 Å². The molecule has 2 fully saturated rings. The Balaban J connectivity index is 0.854. The van der Waals surface area contributed by atoms with Crippen molar-refractivity contribution in [3.8, 4) is 0 Å². The van der Waals surface area contributed by atoms with Gasteiger partial charge in [-0.25, -0.2) is 0 Å². The second-order valence-electron chi connectivity index (χ2n) is 33.2. The van der Waals surface area contributed by atoms with Crippen molar-refractivity contribution >= 4 is 76.6 Å². The van der Waals surface area contributed by atoms with Gasteiger partial charge in [0.25, 0.3) is 0 Å². The summed E-state index contributed by atoms with van der Waals surface area (Å²) >= 11 is 3.11. The molecule has 0 aliphatic carbocycles. The highest BCUT2D eigenvalue weighted by Gasteiger charge is 2.48. The molecule has 0 aromatic heterocycles. The zero-order valence-corrected chi connectivity index (χ0v) is 73.9. The van der Waals surface area contributed by atoms with Crippen molar-refractivity contribution in [2.24, 2.45) is 0 Å². The quantitative estimate of drug-likeness (QED) is 0.0139.